The lowest BCUT2D eigenvalue weighted by Crippen LogP contribution is -2.44. The number of carbonyl (C=O) groups excluding carboxylic acids is 1. The van der Waals surface area contributed by atoms with Gasteiger partial charge in [0.1, 0.15) is 0 Å². The molecule has 18 heavy (non-hydrogen) atoms. The first-order chi connectivity index (χ1) is 8.74. The van der Waals surface area contributed by atoms with Crippen molar-refractivity contribution in [2.24, 2.45) is 0 Å². The van der Waals surface area contributed by atoms with Gasteiger partial charge in [-0.2, -0.15) is 0 Å². The highest BCUT2D eigenvalue weighted by Gasteiger charge is 2.24. The average Bonchev–Trinajstić information content (AvgIpc) is 2.85. The minimum atomic E-state index is 0.0171. The van der Waals surface area contributed by atoms with Gasteiger partial charge in [-0.3, -0.25) is 4.79 Å². The first-order valence-electron chi connectivity index (χ1n) is 6.04. The monoisotopic (exact) mass is 249 g/mol. The average molecular weight is 249 g/mol. The minimum absolute atomic E-state index is 0.0171. The summed E-state index contributed by atoms with van der Waals surface area (Å²) in [6.45, 7) is 4.06. The third-order valence-corrected chi connectivity index (χ3v) is 3.15. The molecule has 96 valence electrons. The highest BCUT2D eigenvalue weighted by Crippen LogP contribution is 2.32. The molecule has 2 heterocycles. The SMILES string of the molecule is CC1CN(C(=O)c2ccc3c(c2)OCO3)CCO1. The molecule has 5 heteroatoms. The Bertz CT molecular complexity index is 474. The van der Waals surface area contributed by atoms with Crippen LogP contribution in [-0.2, 0) is 4.74 Å². The van der Waals surface area contributed by atoms with E-state index in [0.29, 0.717) is 36.8 Å². The molecule has 2 aliphatic rings. The Balaban J connectivity index is 1.79. The third kappa shape index (κ3) is 2.01. The lowest BCUT2D eigenvalue weighted by atomic mass is 10.1. The summed E-state index contributed by atoms with van der Waals surface area (Å²) < 4.78 is 15.9. The molecule has 0 aromatic heterocycles. The van der Waals surface area contributed by atoms with Crippen molar-refractivity contribution in [3.8, 4) is 11.5 Å². The molecular formula is C13H15NO4. The van der Waals surface area contributed by atoms with E-state index in [1.807, 2.05) is 11.8 Å². The Kier molecular flexibility index (Phi) is 2.83. The van der Waals surface area contributed by atoms with E-state index >= 15 is 0 Å². The van der Waals surface area contributed by atoms with Crippen molar-refractivity contribution < 1.29 is 19.0 Å². The van der Waals surface area contributed by atoms with E-state index in [-0.39, 0.29) is 18.8 Å². The minimum Gasteiger partial charge on any atom is -0.454 e. The summed E-state index contributed by atoms with van der Waals surface area (Å²) in [7, 11) is 0. The van der Waals surface area contributed by atoms with Crippen molar-refractivity contribution in [2.45, 2.75) is 13.0 Å². The van der Waals surface area contributed by atoms with Crippen LogP contribution >= 0.6 is 0 Å². The molecule has 0 spiro atoms. The van der Waals surface area contributed by atoms with Crippen LogP contribution in [0.25, 0.3) is 0 Å². The largest absolute Gasteiger partial charge is 0.454 e. The summed E-state index contributed by atoms with van der Waals surface area (Å²) in [6.07, 6.45) is 0.0942. The van der Waals surface area contributed by atoms with Gasteiger partial charge in [-0.25, -0.2) is 0 Å². The maximum atomic E-state index is 12.3. The fourth-order valence-electron chi connectivity index (χ4n) is 2.22. The van der Waals surface area contributed by atoms with Crippen LogP contribution < -0.4 is 9.47 Å². The Morgan fingerprint density at radius 1 is 1.33 bits per heavy atom. The highest BCUT2D eigenvalue weighted by molar-refractivity contribution is 5.95. The van der Waals surface area contributed by atoms with Crippen LogP contribution in [0.2, 0.25) is 0 Å². The van der Waals surface area contributed by atoms with Crippen LogP contribution in [0.15, 0.2) is 18.2 Å². The lowest BCUT2D eigenvalue weighted by molar-refractivity contribution is -0.0124. The van der Waals surface area contributed by atoms with E-state index in [4.69, 9.17) is 14.2 Å². The zero-order chi connectivity index (χ0) is 12.5. The number of ether oxygens (including phenoxy) is 3. The van der Waals surface area contributed by atoms with Crippen LogP contribution in [0.1, 0.15) is 17.3 Å². The van der Waals surface area contributed by atoms with Gasteiger partial charge in [0.05, 0.1) is 12.7 Å². The van der Waals surface area contributed by atoms with Crippen molar-refractivity contribution in [3.05, 3.63) is 23.8 Å². The molecule has 1 saturated heterocycles. The maximum Gasteiger partial charge on any atom is 0.254 e. The first-order valence-corrected chi connectivity index (χ1v) is 6.04. The number of benzene rings is 1. The molecule has 1 amide bonds. The van der Waals surface area contributed by atoms with Gasteiger partial charge < -0.3 is 19.1 Å². The van der Waals surface area contributed by atoms with Crippen LogP contribution in [0, 0.1) is 0 Å². The summed E-state index contributed by atoms with van der Waals surface area (Å²) in [4.78, 5) is 14.1. The number of nitrogens with zero attached hydrogens (tertiary/aromatic N) is 1. The second kappa shape index (κ2) is 4.49. The van der Waals surface area contributed by atoms with Crippen molar-refractivity contribution in [1.82, 2.24) is 4.90 Å². The number of morpholine rings is 1. The molecule has 5 nitrogen and oxygen atoms in total. The van der Waals surface area contributed by atoms with Crippen LogP contribution in [-0.4, -0.2) is 43.4 Å². The molecule has 0 bridgehead atoms. The van der Waals surface area contributed by atoms with E-state index in [9.17, 15) is 4.79 Å². The van der Waals surface area contributed by atoms with E-state index in [1.54, 1.807) is 18.2 Å². The normalized spacial score (nSPS) is 22.1. The van der Waals surface area contributed by atoms with Gasteiger partial charge in [0.2, 0.25) is 6.79 Å². The summed E-state index contributed by atoms with van der Waals surface area (Å²) in [5, 5.41) is 0. The predicted octanol–water partition coefficient (Wildman–Crippen LogP) is 1.28. The van der Waals surface area contributed by atoms with Gasteiger partial charge in [0, 0.05) is 18.7 Å². The fourth-order valence-corrected chi connectivity index (χ4v) is 2.22. The van der Waals surface area contributed by atoms with Gasteiger partial charge in [-0.1, -0.05) is 0 Å². The Labute approximate surface area is 105 Å². The molecule has 1 fully saturated rings. The molecule has 0 N–H and O–H groups in total. The predicted molar refractivity (Wildman–Crippen MR) is 63.9 cm³/mol. The lowest BCUT2D eigenvalue weighted by Gasteiger charge is -2.31. The molecule has 2 aliphatic heterocycles. The Morgan fingerprint density at radius 2 is 2.17 bits per heavy atom. The molecule has 0 aliphatic carbocycles. The molecular weight excluding hydrogens is 234 g/mol. The summed E-state index contributed by atoms with van der Waals surface area (Å²) in [6, 6.07) is 5.29. The first kappa shape index (κ1) is 11.3. The zero-order valence-corrected chi connectivity index (χ0v) is 10.2. The second-order valence-electron chi connectivity index (χ2n) is 4.50. The van der Waals surface area contributed by atoms with Crippen molar-refractivity contribution in [2.75, 3.05) is 26.5 Å². The van der Waals surface area contributed by atoms with Gasteiger partial charge in [-0.15, -0.1) is 0 Å². The third-order valence-electron chi connectivity index (χ3n) is 3.15. The molecule has 1 atom stereocenters. The van der Waals surface area contributed by atoms with E-state index in [2.05, 4.69) is 0 Å². The zero-order valence-electron chi connectivity index (χ0n) is 10.2. The molecule has 1 aromatic rings. The van der Waals surface area contributed by atoms with Gasteiger partial charge in [-0.05, 0) is 25.1 Å². The van der Waals surface area contributed by atoms with Gasteiger partial charge >= 0.3 is 0 Å². The summed E-state index contributed by atoms with van der Waals surface area (Å²) >= 11 is 0. The van der Waals surface area contributed by atoms with Crippen molar-refractivity contribution >= 4 is 5.91 Å². The van der Waals surface area contributed by atoms with Crippen LogP contribution in [0.4, 0.5) is 0 Å². The number of fused-ring (bicyclic) bond motifs is 1. The van der Waals surface area contributed by atoms with E-state index < -0.39 is 0 Å². The van der Waals surface area contributed by atoms with Crippen LogP contribution in [0.3, 0.4) is 0 Å². The highest BCUT2D eigenvalue weighted by atomic mass is 16.7. The molecule has 0 radical (unpaired) electrons. The maximum absolute atomic E-state index is 12.3. The van der Waals surface area contributed by atoms with Crippen LogP contribution in [0.5, 0.6) is 11.5 Å². The smallest absolute Gasteiger partial charge is 0.254 e. The number of hydrogen-bond acceptors (Lipinski definition) is 4. The fraction of sp³-hybridized carbons (Fsp3) is 0.462. The standard InChI is InChI=1S/C13H15NO4/c1-9-7-14(4-5-16-9)13(15)10-2-3-11-12(6-10)18-8-17-11/h2-3,6,9H,4-5,7-8H2,1H3. The number of rotatable bonds is 1. The topological polar surface area (TPSA) is 48.0 Å². The molecule has 1 aromatic carbocycles. The molecule has 3 rings (SSSR count). The van der Waals surface area contributed by atoms with Gasteiger partial charge in [0.25, 0.3) is 5.91 Å². The number of hydrogen-bond donors (Lipinski definition) is 0. The van der Waals surface area contributed by atoms with E-state index in [0.717, 1.165) is 0 Å². The Morgan fingerprint density at radius 3 is 3.00 bits per heavy atom. The summed E-state index contributed by atoms with van der Waals surface area (Å²) in [5.41, 5.74) is 0.633. The van der Waals surface area contributed by atoms with Crippen molar-refractivity contribution in [1.29, 1.82) is 0 Å². The van der Waals surface area contributed by atoms with Crippen molar-refractivity contribution in [3.63, 3.8) is 0 Å². The second-order valence-corrected chi connectivity index (χ2v) is 4.50. The molecule has 0 saturated carbocycles. The number of carbonyl (C=O) groups is 1. The van der Waals surface area contributed by atoms with Gasteiger partial charge in [0.15, 0.2) is 11.5 Å². The Hall–Kier alpha value is -1.75. The van der Waals surface area contributed by atoms with E-state index in [1.165, 1.54) is 0 Å². The quantitative estimate of drug-likeness (QED) is 0.752. The summed E-state index contributed by atoms with van der Waals surface area (Å²) in [5.74, 6) is 1.35. The molecule has 1 unspecified atom stereocenters. The number of amides is 1.